The highest BCUT2D eigenvalue weighted by Crippen LogP contribution is 2.26. The Morgan fingerprint density at radius 1 is 1.04 bits per heavy atom. The molecule has 4 rings (SSSR count). The van der Waals surface area contributed by atoms with Gasteiger partial charge in [0.2, 0.25) is 0 Å². The molecule has 0 spiro atoms. The summed E-state index contributed by atoms with van der Waals surface area (Å²) in [7, 11) is 0. The van der Waals surface area contributed by atoms with E-state index in [1.165, 1.54) is 41.2 Å². The first-order chi connectivity index (χ1) is 12.9. The smallest absolute Gasteiger partial charge is 0.293 e. The van der Waals surface area contributed by atoms with Gasteiger partial charge in [0.05, 0.1) is 23.3 Å². The predicted molar refractivity (Wildman–Crippen MR) is 96.6 cm³/mol. The molecule has 136 valence electrons. The van der Waals surface area contributed by atoms with Crippen LogP contribution >= 0.6 is 0 Å². The zero-order valence-corrected chi connectivity index (χ0v) is 14.2. The summed E-state index contributed by atoms with van der Waals surface area (Å²) in [6.07, 6.45) is 2.83. The largest absolute Gasteiger partial charge is 0.328 e. The number of halogens is 2. The standard InChI is InChI=1S/C19H14F2N4O2/c1-10(11-2-4-13(20)5-3-11)25-9-16(18(26)23-19(25)27)15-7-14(21)6-12-8-22-24-17(12)15/h2-10H,1H3,(H,22,24)(H,23,26,27). The van der Waals surface area contributed by atoms with Gasteiger partial charge >= 0.3 is 5.69 Å². The zero-order chi connectivity index (χ0) is 19.1. The number of fused-ring (bicyclic) bond motifs is 1. The second kappa shape index (κ2) is 6.31. The van der Waals surface area contributed by atoms with Crippen molar-refractivity contribution in [3.63, 3.8) is 0 Å². The number of aromatic amines is 2. The molecule has 2 aromatic carbocycles. The summed E-state index contributed by atoms with van der Waals surface area (Å²) in [6, 6.07) is 7.75. The van der Waals surface area contributed by atoms with E-state index in [1.807, 2.05) is 0 Å². The van der Waals surface area contributed by atoms with Crippen molar-refractivity contribution in [3.05, 3.63) is 86.8 Å². The van der Waals surface area contributed by atoms with E-state index in [-0.39, 0.29) is 11.4 Å². The molecule has 0 bridgehead atoms. The third-order valence-electron chi connectivity index (χ3n) is 4.54. The maximum atomic E-state index is 14.0. The van der Waals surface area contributed by atoms with Gasteiger partial charge in [0.15, 0.2) is 0 Å². The van der Waals surface area contributed by atoms with Crippen molar-refractivity contribution >= 4 is 10.9 Å². The van der Waals surface area contributed by atoms with Gasteiger partial charge < -0.3 is 0 Å². The SMILES string of the molecule is CC(c1ccc(F)cc1)n1cc(-c2cc(F)cc3cn[nH]c23)c(=O)[nH]c1=O. The van der Waals surface area contributed by atoms with Crippen molar-refractivity contribution in [2.75, 3.05) is 0 Å². The first kappa shape index (κ1) is 16.9. The van der Waals surface area contributed by atoms with E-state index in [2.05, 4.69) is 15.2 Å². The number of nitrogens with zero attached hydrogens (tertiary/aromatic N) is 2. The molecule has 2 N–H and O–H groups in total. The molecule has 4 aromatic rings. The number of hydrogen-bond acceptors (Lipinski definition) is 3. The van der Waals surface area contributed by atoms with Gasteiger partial charge in [0, 0.05) is 17.1 Å². The van der Waals surface area contributed by atoms with Crippen LogP contribution in [0.25, 0.3) is 22.0 Å². The van der Waals surface area contributed by atoms with E-state index in [0.29, 0.717) is 22.0 Å². The van der Waals surface area contributed by atoms with Crippen LogP contribution in [0.4, 0.5) is 8.78 Å². The van der Waals surface area contributed by atoms with E-state index < -0.39 is 23.1 Å². The number of hydrogen-bond donors (Lipinski definition) is 2. The molecule has 2 aromatic heterocycles. The Morgan fingerprint density at radius 2 is 1.78 bits per heavy atom. The van der Waals surface area contributed by atoms with Gasteiger partial charge in [-0.05, 0) is 36.8 Å². The third kappa shape index (κ3) is 2.95. The highest BCUT2D eigenvalue weighted by atomic mass is 19.1. The van der Waals surface area contributed by atoms with Crippen LogP contribution in [0.3, 0.4) is 0 Å². The Kier molecular flexibility index (Phi) is 3.95. The molecule has 0 fully saturated rings. The predicted octanol–water partition coefficient (Wildman–Crippen LogP) is 2.97. The second-order valence-corrected chi connectivity index (χ2v) is 6.22. The summed E-state index contributed by atoms with van der Waals surface area (Å²) in [4.78, 5) is 27.0. The molecule has 6 nitrogen and oxygen atoms in total. The molecule has 0 amide bonds. The van der Waals surface area contributed by atoms with Crippen LogP contribution in [-0.4, -0.2) is 19.7 Å². The maximum absolute atomic E-state index is 14.0. The summed E-state index contributed by atoms with van der Waals surface area (Å²) in [5, 5.41) is 7.13. The van der Waals surface area contributed by atoms with Crippen molar-refractivity contribution in [3.8, 4) is 11.1 Å². The number of nitrogens with one attached hydrogen (secondary N) is 2. The van der Waals surface area contributed by atoms with Gasteiger partial charge in [-0.2, -0.15) is 5.10 Å². The van der Waals surface area contributed by atoms with Crippen molar-refractivity contribution in [2.45, 2.75) is 13.0 Å². The number of H-pyrrole nitrogens is 2. The third-order valence-corrected chi connectivity index (χ3v) is 4.54. The molecule has 1 atom stereocenters. The van der Waals surface area contributed by atoms with Gasteiger partial charge in [-0.3, -0.25) is 19.4 Å². The van der Waals surface area contributed by atoms with E-state index in [0.717, 1.165) is 0 Å². The molecule has 0 aliphatic rings. The highest BCUT2D eigenvalue weighted by molar-refractivity contribution is 5.93. The summed E-state index contributed by atoms with van der Waals surface area (Å²) in [6.45, 7) is 1.74. The molecule has 27 heavy (non-hydrogen) atoms. The normalized spacial score (nSPS) is 12.4. The van der Waals surface area contributed by atoms with Crippen molar-refractivity contribution in [2.24, 2.45) is 0 Å². The zero-order valence-electron chi connectivity index (χ0n) is 14.2. The molecule has 0 aliphatic carbocycles. The van der Waals surface area contributed by atoms with Crippen LogP contribution in [0, 0.1) is 11.6 Å². The fourth-order valence-corrected chi connectivity index (χ4v) is 3.10. The quantitative estimate of drug-likeness (QED) is 0.583. The van der Waals surface area contributed by atoms with E-state index in [4.69, 9.17) is 0 Å². The van der Waals surface area contributed by atoms with Gasteiger partial charge in [-0.25, -0.2) is 13.6 Å². The van der Waals surface area contributed by atoms with Crippen LogP contribution in [0.5, 0.6) is 0 Å². The Morgan fingerprint density at radius 3 is 2.52 bits per heavy atom. The minimum Gasteiger partial charge on any atom is -0.293 e. The average molecular weight is 368 g/mol. The van der Waals surface area contributed by atoms with Crippen LogP contribution in [0.2, 0.25) is 0 Å². The van der Waals surface area contributed by atoms with E-state index >= 15 is 0 Å². The maximum Gasteiger partial charge on any atom is 0.328 e. The Balaban J connectivity index is 1.91. The van der Waals surface area contributed by atoms with E-state index in [9.17, 15) is 18.4 Å². The summed E-state index contributed by atoms with van der Waals surface area (Å²) in [5.74, 6) is -0.913. The monoisotopic (exact) mass is 368 g/mol. The van der Waals surface area contributed by atoms with Gasteiger partial charge in [0.25, 0.3) is 5.56 Å². The minimum absolute atomic E-state index is 0.123. The molecular formula is C19H14F2N4O2. The first-order valence-electron chi connectivity index (χ1n) is 8.18. The lowest BCUT2D eigenvalue weighted by Gasteiger charge is -2.16. The lowest BCUT2D eigenvalue weighted by atomic mass is 10.0. The van der Waals surface area contributed by atoms with Crippen LogP contribution in [0.15, 0.2) is 58.4 Å². The fourth-order valence-electron chi connectivity index (χ4n) is 3.10. The highest BCUT2D eigenvalue weighted by Gasteiger charge is 2.16. The topological polar surface area (TPSA) is 83.5 Å². The summed E-state index contributed by atoms with van der Waals surface area (Å²) in [5.41, 5.74) is 0.340. The molecule has 0 saturated heterocycles. The second-order valence-electron chi connectivity index (χ2n) is 6.22. The number of benzene rings is 2. The molecule has 0 aliphatic heterocycles. The molecule has 0 radical (unpaired) electrons. The Bertz CT molecular complexity index is 1260. The van der Waals surface area contributed by atoms with Gasteiger partial charge in [-0.15, -0.1) is 0 Å². The minimum atomic E-state index is -0.635. The van der Waals surface area contributed by atoms with Crippen LogP contribution in [-0.2, 0) is 0 Å². The molecule has 2 heterocycles. The fraction of sp³-hybridized carbons (Fsp3) is 0.105. The molecular weight excluding hydrogens is 354 g/mol. The van der Waals surface area contributed by atoms with E-state index in [1.54, 1.807) is 19.1 Å². The first-order valence-corrected chi connectivity index (χ1v) is 8.18. The lowest BCUT2D eigenvalue weighted by Crippen LogP contribution is -2.32. The van der Waals surface area contributed by atoms with Crippen molar-refractivity contribution in [1.82, 2.24) is 19.7 Å². The summed E-state index contributed by atoms with van der Waals surface area (Å²) >= 11 is 0. The van der Waals surface area contributed by atoms with Crippen molar-refractivity contribution in [1.29, 1.82) is 0 Å². The van der Waals surface area contributed by atoms with Crippen LogP contribution < -0.4 is 11.2 Å². The lowest BCUT2D eigenvalue weighted by molar-refractivity contribution is 0.589. The Hall–Kier alpha value is -3.55. The average Bonchev–Trinajstić information content (AvgIpc) is 3.10. The number of aromatic nitrogens is 4. The molecule has 8 heteroatoms. The summed E-state index contributed by atoms with van der Waals surface area (Å²) < 4.78 is 28.5. The number of rotatable bonds is 3. The molecule has 1 unspecified atom stereocenters. The Labute approximate surface area is 151 Å². The van der Waals surface area contributed by atoms with Gasteiger partial charge in [-0.1, -0.05) is 12.1 Å². The molecule has 0 saturated carbocycles. The van der Waals surface area contributed by atoms with Crippen LogP contribution in [0.1, 0.15) is 18.5 Å². The van der Waals surface area contributed by atoms with Crippen molar-refractivity contribution < 1.29 is 8.78 Å². The van der Waals surface area contributed by atoms with Gasteiger partial charge in [0.1, 0.15) is 11.6 Å².